The van der Waals surface area contributed by atoms with Gasteiger partial charge in [-0.25, -0.2) is 0 Å². The quantitative estimate of drug-likeness (QED) is 0.361. The van der Waals surface area contributed by atoms with E-state index in [2.05, 4.69) is 29.1 Å². The summed E-state index contributed by atoms with van der Waals surface area (Å²) in [4.78, 5) is 2.87. The van der Waals surface area contributed by atoms with Crippen molar-refractivity contribution in [2.45, 2.75) is 6.92 Å². The van der Waals surface area contributed by atoms with Gasteiger partial charge in [-0.2, -0.15) is 0 Å². The molecule has 0 atom stereocenters. The Labute approximate surface area is 106 Å². The van der Waals surface area contributed by atoms with E-state index < -0.39 is 0 Å². The molecule has 0 aliphatic rings. The van der Waals surface area contributed by atoms with Gasteiger partial charge in [-0.05, 0) is 0 Å². The SMILES string of the molecule is Cc1ccccc1[Se]c1ccccc1N=[N+]=[N-]. The second-order valence-corrected chi connectivity index (χ2v) is 5.80. The Morgan fingerprint density at radius 2 is 1.65 bits per heavy atom. The van der Waals surface area contributed by atoms with Gasteiger partial charge in [0.15, 0.2) is 0 Å². The van der Waals surface area contributed by atoms with Crippen molar-refractivity contribution in [3.8, 4) is 0 Å². The monoisotopic (exact) mass is 289 g/mol. The maximum absolute atomic E-state index is 8.53. The summed E-state index contributed by atoms with van der Waals surface area (Å²) < 4.78 is 2.44. The molecular weight excluding hydrogens is 277 g/mol. The number of aryl methyl sites for hydroxylation is 1. The van der Waals surface area contributed by atoms with Gasteiger partial charge >= 0.3 is 106 Å². The van der Waals surface area contributed by atoms with Crippen LogP contribution in [0.2, 0.25) is 0 Å². The molecule has 2 aromatic rings. The van der Waals surface area contributed by atoms with Crippen LogP contribution in [0.3, 0.4) is 0 Å². The number of hydrogen-bond donors (Lipinski definition) is 0. The van der Waals surface area contributed by atoms with E-state index in [-0.39, 0.29) is 15.0 Å². The summed E-state index contributed by atoms with van der Waals surface area (Å²) in [5, 5.41) is 3.73. The molecule has 2 aromatic carbocycles. The molecule has 17 heavy (non-hydrogen) atoms. The third-order valence-corrected chi connectivity index (χ3v) is 4.94. The number of nitrogens with zero attached hydrogens (tertiary/aromatic N) is 3. The van der Waals surface area contributed by atoms with Crippen LogP contribution in [0.5, 0.6) is 0 Å². The average Bonchev–Trinajstić information content (AvgIpc) is 2.35. The molecule has 0 saturated carbocycles. The van der Waals surface area contributed by atoms with Crippen LogP contribution in [0.4, 0.5) is 5.69 Å². The Morgan fingerprint density at radius 1 is 1.00 bits per heavy atom. The van der Waals surface area contributed by atoms with Gasteiger partial charge < -0.3 is 0 Å². The first kappa shape index (κ1) is 11.7. The molecule has 0 aromatic heterocycles. The molecule has 4 heteroatoms. The third kappa shape index (κ3) is 2.89. The van der Waals surface area contributed by atoms with Gasteiger partial charge in [0.25, 0.3) is 0 Å². The molecule has 0 bridgehead atoms. The van der Waals surface area contributed by atoms with Crippen LogP contribution >= 0.6 is 0 Å². The van der Waals surface area contributed by atoms with Crippen LogP contribution in [-0.4, -0.2) is 15.0 Å². The van der Waals surface area contributed by atoms with Crippen molar-refractivity contribution in [2.75, 3.05) is 0 Å². The maximum atomic E-state index is 8.53. The van der Waals surface area contributed by atoms with Crippen LogP contribution in [0.15, 0.2) is 53.6 Å². The van der Waals surface area contributed by atoms with Gasteiger partial charge in [0.2, 0.25) is 0 Å². The van der Waals surface area contributed by atoms with Crippen molar-refractivity contribution in [3.05, 3.63) is 64.5 Å². The summed E-state index contributed by atoms with van der Waals surface area (Å²) in [5.41, 5.74) is 10.5. The first-order valence-corrected chi connectivity index (χ1v) is 6.90. The van der Waals surface area contributed by atoms with Gasteiger partial charge in [0.05, 0.1) is 0 Å². The summed E-state index contributed by atoms with van der Waals surface area (Å²) in [6.45, 7) is 2.10. The second-order valence-electron chi connectivity index (χ2n) is 3.52. The van der Waals surface area contributed by atoms with Gasteiger partial charge in [-0.15, -0.1) is 0 Å². The molecule has 3 nitrogen and oxygen atoms in total. The summed E-state index contributed by atoms with van der Waals surface area (Å²) in [6, 6.07) is 16.1. The minimum absolute atomic E-state index is 0.177. The molecule has 2 rings (SSSR count). The van der Waals surface area contributed by atoms with E-state index in [1.54, 1.807) is 0 Å². The second kappa shape index (κ2) is 5.55. The fourth-order valence-electron chi connectivity index (χ4n) is 1.46. The number of hydrogen-bond acceptors (Lipinski definition) is 1. The van der Waals surface area contributed by atoms with Gasteiger partial charge in [0.1, 0.15) is 0 Å². The molecule has 0 N–H and O–H groups in total. The van der Waals surface area contributed by atoms with Crippen LogP contribution in [-0.2, 0) is 0 Å². The van der Waals surface area contributed by atoms with Crippen molar-refractivity contribution in [1.29, 1.82) is 0 Å². The molecule has 0 spiro atoms. The third-order valence-electron chi connectivity index (χ3n) is 2.33. The Kier molecular flexibility index (Phi) is 3.84. The van der Waals surface area contributed by atoms with Gasteiger partial charge in [-0.3, -0.25) is 0 Å². The predicted octanol–water partition coefficient (Wildman–Crippen LogP) is 2.59. The van der Waals surface area contributed by atoms with Gasteiger partial charge in [-0.1, -0.05) is 0 Å². The molecule has 84 valence electrons. The van der Waals surface area contributed by atoms with E-state index in [0.717, 1.165) is 10.1 Å². The standard InChI is InChI=1S/C13H11N3Se/c1-10-6-2-4-8-12(10)17-13-9-5-3-7-11(13)15-16-14/h2-9H,1H3. The van der Waals surface area contributed by atoms with Crippen molar-refractivity contribution < 1.29 is 0 Å². The molecule has 0 saturated heterocycles. The molecule has 0 unspecified atom stereocenters. The van der Waals surface area contributed by atoms with Crippen LogP contribution in [0.25, 0.3) is 10.4 Å². The molecule has 0 fully saturated rings. The van der Waals surface area contributed by atoms with E-state index >= 15 is 0 Å². The molecule has 0 heterocycles. The van der Waals surface area contributed by atoms with E-state index in [0.29, 0.717) is 0 Å². The zero-order valence-corrected chi connectivity index (χ0v) is 11.1. The first-order valence-electron chi connectivity index (χ1n) is 5.19. The van der Waals surface area contributed by atoms with Crippen molar-refractivity contribution in [2.24, 2.45) is 5.11 Å². The van der Waals surface area contributed by atoms with Crippen molar-refractivity contribution in [3.63, 3.8) is 0 Å². The Hall–Kier alpha value is -1.73. The Morgan fingerprint density at radius 3 is 2.35 bits per heavy atom. The summed E-state index contributed by atoms with van der Waals surface area (Å²) >= 11 is 0.177. The fraction of sp³-hybridized carbons (Fsp3) is 0.0769. The number of azide groups is 1. The molecule has 0 aliphatic heterocycles. The Bertz CT molecular complexity index is 574. The van der Waals surface area contributed by atoms with Crippen LogP contribution in [0, 0.1) is 6.92 Å². The topological polar surface area (TPSA) is 48.8 Å². The Balaban J connectivity index is 2.36. The van der Waals surface area contributed by atoms with Crippen molar-refractivity contribution in [1.82, 2.24) is 0 Å². The van der Waals surface area contributed by atoms with E-state index in [4.69, 9.17) is 5.53 Å². The van der Waals surface area contributed by atoms with Crippen molar-refractivity contribution >= 4 is 29.6 Å². The van der Waals surface area contributed by atoms with Gasteiger partial charge in [0, 0.05) is 0 Å². The fourth-order valence-corrected chi connectivity index (χ4v) is 3.50. The first-order chi connectivity index (χ1) is 8.31. The zero-order valence-electron chi connectivity index (χ0n) is 9.37. The van der Waals surface area contributed by atoms with E-state index in [9.17, 15) is 0 Å². The summed E-state index contributed by atoms with van der Waals surface area (Å²) in [5.74, 6) is 0. The van der Waals surface area contributed by atoms with E-state index in [1.165, 1.54) is 10.0 Å². The summed E-state index contributed by atoms with van der Waals surface area (Å²) in [6.07, 6.45) is 0. The van der Waals surface area contributed by atoms with E-state index in [1.807, 2.05) is 36.4 Å². The van der Waals surface area contributed by atoms with Crippen LogP contribution in [0.1, 0.15) is 5.56 Å². The normalized spacial score (nSPS) is 9.71. The molecule has 0 radical (unpaired) electrons. The summed E-state index contributed by atoms with van der Waals surface area (Å²) in [7, 11) is 0. The average molecular weight is 288 g/mol. The molecule has 0 aliphatic carbocycles. The van der Waals surface area contributed by atoms with Crippen LogP contribution < -0.4 is 8.92 Å². The molecule has 0 amide bonds. The minimum atomic E-state index is 0.177. The molecular formula is C13H11N3Se. The predicted molar refractivity (Wildman–Crippen MR) is 71.4 cm³/mol. The zero-order chi connectivity index (χ0) is 12.1. The number of benzene rings is 2. The number of rotatable bonds is 3.